The fourth-order valence-corrected chi connectivity index (χ4v) is 3.02. The third-order valence-corrected chi connectivity index (χ3v) is 4.61. The molecule has 2 aromatic heterocycles. The molecular weight excluding hydrogens is 278 g/mol. The number of amides is 1. The van der Waals surface area contributed by atoms with E-state index in [4.69, 9.17) is 0 Å². The first kappa shape index (κ1) is 14.5. The van der Waals surface area contributed by atoms with Crippen LogP contribution in [0.25, 0.3) is 11.2 Å². The molecule has 3 rings (SSSR count). The summed E-state index contributed by atoms with van der Waals surface area (Å²) in [6.07, 6.45) is 4.89. The zero-order valence-corrected chi connectivity index (χ0v) is 12.8. The second-order valence-electron chi connectivity index (χ2n) is 6.40. The van der Waals surface area contributed by atoms with E-state index in [9.17, 15) is 10.1 Å². The second-order valence-corrected chi connectivity index (χ2v) is 6.40. The first-order valence-corrected chi connectivity index (χ1v) is 7.51. The average molecular weight is 297 g/mol. The molecule has 0 atom stereocenters. The van der Waals surface area contributed by atoms with E-state index in [2.05, 4.69) is 21.0 Å². The number of imidazole rings is 1. The highest BCUT2D eigenvalue weighted by Crippen LogP contribution is 2.34. The minimum atomic E-state index is -0.328. The molecule has 0 bridgehead atoms. The van der Waals surface area contributed by atoms with Gasteiger partial charge in [-0.15, -0.1) is 0 Å². The molecule has 0 aliphatic carbocycles. The van der Waals surface area contributed by atoms with Crippen molar-refractivity contribution in [2.24, 2.45) is 11.3 Å². The smallest absolute Gasteiger partial charge is 0.255 e. The van der Waals surface area contributed by atoms with Gasteiger partial charge in [0.25, 0.3) is 5.91 Å². The minimum absolute atomic E-state index is 0.00258. The van der Waals surface area contributed by atoms with Gasteiger partial charge < -0.3 is 9.88 Å². The normalized spacial score (nSPS) is 16.7. The van der Waals surface area contributed by atoms with Gasteiger partial charge >= 0.3 is 0 Å². The van der Waals surface area contributed by atoms with Crippen LogP contribution in [0.4, 0.5) is 0 Å². The van der Waals surface area contributed by atoms with Gasteiger partial charge in [-0.3, -0.25) is 4.79 Å². The minimum Gasteiger partial charge on any atom is -0.343 e. The number of rotatable bonds is 2. The number of likely N-dealkylation sites (tertiary alicyclic amines) is 1. The summed E-state index contributed by atoms with van der Waals surface area (Å²) in [5.74, 6) is 0.340. The zero-order chi connectivity index (χ0) is 15.7. The number of aromatic nitrogens is 3. The number of piperidine rings is 1. The molecule has 1 saturated heterocycles. The molecule has 1 fully saturated rings. The lowest BCUT2D eigenvalue weighted by molar-refractivity contribution is 0.0638. The van der Waals surface area contributed by atoms with Crippen LogP contribution in [0, 0.1) is 22.7 Å². The predicted octanol–water partition coefficient (Wildman–Crippen LogP) is 2.36. The molecular formula is C16H19N5O. The molecule has 3 heterocycles. The van der Waals surface area contributed by atoms with Crippen molar-refractivity contribution in [1.82, 2.24) is 19.9 Å². The summed E-state index contributed by atoms with van der Waals surface area (Å²) < 4.78 is 0. The van der Waals surface area contributed by atoms with Gasteiger partial charge in [0.2, 0.25) is 0 Å². The van der Waals surface area contributed by atoms with Crippen molar-refractivity contribution in [3.8, 4) is 6.07 Å². The number of nitrogens with zero attached hydrogens (tertiary/aromatic N) is 4. The molecule has 6 nitrogen and oxygen atoms in total. The summed E-state index contributed by atoms with van der Waals surface area (Å²) in [6.45, 7) is 5.34. The van der Waals surface area contributed by atoms with Gasteiger partial charge in [-0.2, -0.15) is 5.26 Å². The molecule has 1 N–H and O–H groups in total. The van der Waals surface area contributed by atoms with Crippen molar-refractivity contribution in [1.29, 1.82) is 5.26 Å². The molecule has 114 valence electrons. The molecule has 0 saturated carbocycles. The standard InChI is InChI=1S/C16H19N5O/c1-16(2,9-17)12-3-5-21(6-4-12)15(22)11-7-13-14(18-8-11)20-10-19-13/h7-8,10,12H,3-6H2,1-2H3,(H,18,19,20). The molecule has 0 spiro atoms. The van der Waals surface area contributed by atoms with E-state index >= 15 is 0 Å². The highest BCUT2D eigenvalue weighted by Gasteiger charge is 2.34. The van der Waals surface area contributed by atoms with Crippen molar-refractivity contribution >= 4 is 17.1 Å². The SMILES string of the molecule is CC(C)(C#N)C1CCN(C(=O)c2cnc3nc[nH]c3c2)CC1. The molecule has 22 heavy (non-hydrogen) atoms. The van der Waals surface area contributed by atoms with E-state index in [1.807, 2.05) is 18.7 Å². The molecule has 1 amide bonds. The number of carbonyl (C=O) groups excluding carboxylic acids is 1. The molecule has 1 aliphatic rings. The van der Waals surface area contributed by atoms with E-state index in [1.54, 1.807) is 18.6 Å². The average Bonchev–Trinajstić information content (AvgIpc) is 3.02. The van der Waals surface area contributed by atoms with E-state index in [0.29, 0.717) is 30.2 Å². The molecule has 0 aromatic carbocycles. The number of nitriles is 1. The Labute approximate surface area is 129 Å². The Kier molecular flexibility index (Phi) is 3.57. The molecule has 0 unspecified atom stereocenters. The summed E-state index contributed by atoms with van der Waals surface area (Å²) in [5.41, 5.74) is 1.64. The van der Waals surface area contributed by atoms with Crippen molar-refractivity contribution in [2.45, 2.75) is 26.7 Å². The van der Waals surface area contributed by atoms with Crippen LogP contribution in [-0.2, 0) is 0 Å². The maximum absolute atomic E-state index is 12.6. The third-order valence-electron chi connectivity index (χ3n) is 4.61. The van der Waals surface area contributed by atoms with Crippen LogP contribution >= 0.6 is 0 Å². The molecule has 0 radical (unpaired) electrons. The summed E-state index contributed by atoms with van der Waals surface area (Å²) >= 11 is 0. The summed E-state index contributed by atoms with van der Waals surface area (Å²) in [7, 11) is 0. The van der Waals surface area contributed by atoms with Crippen LogP contribution in [0.2, 0.25) is 0 Å². The Morgan fingerprint density at radius 2 is 2.14 bits per heavy atom. The Morgan fingerprint density at radius 3 is 2.82 bits per heavy atom. The molecule has 2 aromatic rings. The van der Waals surface area contributed by atoms with E-state index in [-0.39, 0.29) is 11.3 Å². The largest absolute Gasteiger partial charge is 0.343 e. The van der Waals surface area contributed by atoms with Crippen LogP contribution in [0.5, 0.6) is 0 Å². The highest BCUT2D eigenvalue weighted by atomic mass is 16.2. The van der Waals surface area contributed by atoms with E-state index < -0.39 is 0 Å². The van der Waals surface area contributed by atoms with Crippen LogP contribution in [0.3, 0.4) is 0 Å². The van der Waals surface area contributed by atoms with E-state index in [1.165, 1.54) is 0 Å². The first-order chi connectivity index (χ1) is 10.5. The molecule has 6 heteroatoms. The van der Waals surface area contributed by atoms with Gasteiger partial charge in [0.15, 0.2) is 5.65 Å². The first-order valence-electron chi connectivity index (χ1n) is 7.51. The van der Waals surface area contributed by atoms with Crippen LogP contribution < -0.4 is 0 Å². The Hall–Kier alpha value is -2.42. The topological polar surface area (TPSA) is 85.7 Å². The number of hydrogen-bond acceptors (Lipinski definition) is 4. The quantitative estimate of drug-likeness (QED) is 0.922. The summed E-state index contributed by atoms with van der Waals surface area (Å²) in [4.78, 5) is 25.6. The van der Waals surface area contributed by atoms with Crippen molar-refractivity contribution < 1.29 is 4.79 Å². The van der Waals surface area contributed by atoms with Gasteiger partial charge in [0.1, 0.15) is 0 Å². The fourth-order valence-electron chi connectivity index (χ4n) is 3.02. The van der Waals surface area contributed by atoms with E-state index in [0.717, 1.165) is 18.4 Å². The number of aromatic amines is 1. The highest BCUT2D eigenvalue weighted by molar-refractivity contribution is 5.96. The monoisotopic (exact) mass is 297 g/mol. The lowest BCUT2D eigenvalue weighted by Crippen LogP contribution is -2.41. The summed E-state index contributed by atoms with van der Waals surface area (Å²) in [5, 5.41) is 9.23. The number of carbonyl (C=O) groups is 1. The van der Waals surface area contributed by atoms with Crippen LogP contribution in [-0.4, -0.2) is 38.8 Å². The summed E-state index contributed by atoms with van der Waals surface area (Å²) in [6, 6.07) is 4.17. The lowest BCUT2D eigenvalue weighted by Gasteiger charge is -2.37. The number of fused-ring (bicyclic) bond motifs is 1. The van der Waals surface area contributed by atoms with Crippen LogP contribution in [0.1, 0.15) is 37.0 Å². The van der Waals surface area contributed by atoms with Gasteiger partial charge in [-0.25, -0.2) is 9.97 Å². The van der Waals surface area contributed by atoms with Crippen LogP contribution in [0.15, 0.2) is 18.6 Å². The van der Waals surface area contributed by atoms with Gasteiger partial charge in [0.05, 0.1) is 28.9 Å². The Morgan fingerprint density at radius 1 is 1.41 bits per heavy atom. The molecule has 1 aliphatic heterocycles. The Balaban J connectivity index is 1.71. The number of nitrogens with one attached hydrogen (secondary N) is 1. The number of pyridine rings is 1. The number of H-pyrrole nitrogens is 1. The van der Waals surface area contributed by atoms with Gasteiger partial charge in [-0.1, -0.05) is 0 Å². The van der Waals surface area contributed by atoms with Crippen molar-refractivity contribution in [2.75, 3.05) is 13.1 Å². The van der Waals surface area contributed by atoms with Crippen molar-refractivity contribution in [3.63, 3.8) is 0 Å². The van der Waals surface area contributed by atoms with Gasteiger partial charge in [0, 0.05) is 19.3 Å². The maximum Gasteiger partial charge on any atom is 0.255 e. The zero-order valence-electron chi connectivity index (χ0n) is 12.8. The predicted molar refractivity (Wildman–Crippen MR) is 81.9 cm³/mol. The maximum atomic E-state index is 12.6. The second kappa shape index (κ2) is 5.41. The lowest BCUT2D eigenvalue weighted by atomic mass is 9.75. The van der Waals surface area contributed by atoms with Crippen molar-refractivity contribution in [3.05, 3.63) is 24.2 Å². The Bertz CT molecular complexity index is 734. The third kappa shape index (κ3) is 2.54. The number of hydrogen-bond donors (Lipinski definition) is 1. The van der Waals surface area contributed by atoms with Gasteiger partial charge in [-0.05, 0) is 38.7 Å². The fraction of sp³-hybridized carbons (Fsp3) is 0.500.